The van der Waals surface area contributed by atoms with Crippen LogP contribution in [0.4, 0.5) is 17.1 Å². The highest BCUT2D eigenvalue weighted by Gasteiger charge is 2.46. The van der Waals surface area contributed by atoms with Crippen LogP contribution >= 0.6 is 0 Å². The number of anilines is 3. The summed E-state index contributed by atoms with van der Waals surface area (Å²) in [6.07, 6.45) is 0. The van der Waals surface area contributed by atoms with Gasteiger partial charge in [-0.1, -0.05) is 224 Å². The minimum absolute atomic E-state index is 0.471. The summed E-state index contributed by atoms with van der Waals surface area (Å²) in [5.41, 5.74) is 21.3. The van der Waals surface area contributed by atoms with Crippen molar-refractivity contribution in [3.8, 4) is 55.6 Å². The van der Waals surface area contributed by atoms with E-state index in [0.29, 0.717) is 0 Å². The van der Waals surface area contributed by atoms with E-state index in [9.17, 15) is 0 Å². The molecular formula is C71H47NO. The molecule has 14 rings (SSSR count). The Morgan fingerprint density at radius 1 is 0.288 bits per heavy atom. The summed E-state index contributed by atoms with van der Waals surface area (Å²) < 4.78 is 7.05. The van der Waals surface area contributed by atoms with Gasteiger partial charge in [0.25, 0.3) is 0 Å². The van der Waals surface area contributed by atoms with Crippen LogP contribution in [0.3, 0.4) is 0 Å². The van der Waals surface area contributed by atoms with Gasteiger partial charge in [0.05, 0.1) is 5.41 Å². The van der Waals surface area contributed by atoms with Gasteiger partial charge in [0.15, 0.2) is 0 Å². The smallest absolute Gasteiger partial charge is 0.143 e. The Kier molecular flexibility index (Phi) is 10.1. The number of furan rings is 1. The van der Waals surface area contributed by atoms with Crippen molar-refractivity contribution in [3.05, 3.63) is 307 Å². The highest BCUT2D eigenvalue weighted by Crippen LogP contribution is 2.58. The molecule has 73 heavy (non-hydrogen) atoms. The second-order valence-corrected chi connectivity index (χ2v) is 19.1. The molecule has 0 N–H and O–H groups in total. The maximum atomic E-state index is 7.05. The van der Waals surface area contributed by atoms with E-state index in [0.717, 1.165) is 61.3 Å². The van der Waals surface area contributed by atoms with Crippen molar-refractivity contribution in [2.24, 2.45) is 0 Å². The Hall–Kier alpha value is -9.50. The van der Waals surface area contributed by atoms with Crippen LogP contribution in [0.5, 0.6) is 0 Å². The van der Waals surface area contributed by atoms with Crippen LogP contribution < -0.4 is 4.90 Å². The fraction of sp³-hybridized carbons (Fsp3) is 0.0141. The molecule has 1 aliphatic rings. The largest absolute Gasteiger partial charge is 0.455 e. The molecule has 12 aromatic carbocycles. The van der Waals surface area contributed by atoms with Crippen LogP contribution in [0.15, 0.2) is 290 Å². The van der Waals surface area contributed by atoms with Gasteiger partial charge in [-0.05, 0) is 138 Å². The highest BCUT2D eigenvalue weighted by atomic mass is 16.3. The maximum Gasteiger partial charge on any atom is 0.143 e. The van der Waals surface area contributed by atoms with Gasteiger partial charge in [-0.15, -0.1) is 0 Å². The van der Waals surface area contributed by atoms with Crippen molar-refractivity contribution in [2.75, 3.05) is 4.90 Å². The van der Waals surface area contributed by atoms with Crippen molar-refractivity contribution in [1.29, 1.82) is 0 Å². The number of fused-ring (bicyclic) bond motifs is 7. The van der Waals surface area contributed by atoms with Crippen molar-refractivity contribution >= 4 is 49.8 Å². The Bertz CT molecular complexity index is 4130. The maximum absolute atomic E-state index is 7.05. The molecule has 0 amide bonds. The molecule has 0 fully saturated rings. The Morgan fingerprint density at radius 2 is 0.836 bits per heavy atom. The topological polar surface area (TPSA) is 16.4 Å². The second kappa shape index (κ2) is 17.4. The molecule has 0 atom stereocenters. The summed E-state index contributed by atoms with van der Waals surface area (Å²) in [6, 6.07) is 104. The highest BCUT2D eigenvalue weighted by molar-refractivity contribution is 6.12. The van der Waals surface area contributed by atoms with Gasteiger partial charge in [-0.25, -0.2) is 0 Å². The van der Waals surface area contributed by atoms with Crippen molar-refractivity contribution in [2.45, 2.75) is 5.41 Å². The van der Waals surface area contributed by atoms with Crippen molar-refractivity contribution < 1.29 is 4.42 Å². The average Bonchev–Trinajstić information content (AvgIpc) is 4.00. The minimum atomic E-state index is -0.471. The lowest BCUT2D eigenvalue weighted by atomic mass is 9.67. The predicted octanol–water partition coefficient (Wildman–Crippen LogP) is 19.2. The van der Waals surface area contributed by atoms with Crippen LogP contribution in [0, 0.1) is 0 Å². The zero-order valence-corrected chi connectivity index (χ0v) is 40.0. The molecule has 1 aromatic heterocycles. The monoisotopic (exact) mass is 929 g/mol. The van der Waals surface area contributed by atoms with Gasteiger partial charge in [0, 0.05) is 39.5 Å². The summed E-state index contributed by atoms with van der Waals surface area (Å²) >= 11 is 0. The van der Waals surface area contributed by atoms with Gasteiger partial charge in [0.1, 0.15) is 11.2 Å². The zero-order valence-electron chi connectivity index (χ0n) is 40.0. The second-order valence-electron chi connectivity index (χ2n) is 19.1. The summed E-state index contributed by atoms with van der Waals surface area (Å²) in [5.74, 6) is 0. The molecule has 2 nitrogen and oxygen atoms in total. The quantitative estimate of drug-likeness (QED) is 0.143. The summed E-state index contributed by atoms with van der Waals surface area (Å²) in [6.45, 7) is 0. The van der Waals surface area contributed by atoms with E-state index >= 15 is 0 Å². The Labute approximate surface area is 425 Å². The summed E-state index contributed by atoms with van der Waals surface area (Å²) in [5, 5.41) is 4.64. The molecule has 0 saturated heterocycles. The van der Waals surface area contributed by atoms with Crippen molar-refractivity contribution in [1.82, 2.24) is 0 Å². The van der Waals surface area contributed by atoms with Crippen molar-refractivity contribution in [3.63, 3.8) is 0 Å². The van der Waals surface area contributed by atoms with E-state index in [2.05, 4.69) is 290 Å². The first-order valence-electron chi connectivity index (χ1n) is 25.2. The lowest BCUT2D eigenvalue weighted by Crippen LogP contribution is -2.28. The van der Waals surface area contributed by atoms with Crippen LogP contribution in [-0.4, -0.2) is 0 Å². The molecule has 0 saturated carbocycles. The number of hydrogen-bond acceptors (Lipinski definition) is 2. The first-order chi connectivity index (χ1) is 36.2. The van der Waals surface area contributed by atoms with E-state index in [4.69, 9.17) is 4.42 Å². The standard InChI is InChI=1S/C71H47NO/c1-5-20-49(21-6-1)64-45-53(51-24-17-25-52(44-51)61-35-19-37-67-69(61)63-33-15-16-36-66(63)71(67,54-26-7-2-8-27-54)55-28-9-3-10-29-55)46-65-62-43-42-58(47-68(62)73-70(64)65)72(56-30-11-4-12-31-56)57-40-38-50(39-41-57)60-34-18-23-48-22-13-14-32-59(48)60/h1-47H. The zero-order chi connectivity index (χ0) is 48.3. The minimum Gasteiger partial charge on any atom is -0.455 e. The van der Waals surface area contributed by atoms with Gasteiger partial charge >= 0.3 is 0 Å². The Morgan fingerprint density at radius 3 is 1.62 bits per heavy atom. The lowest BCUT2D eigenvalue weighted by molar-refractivity contribution is 0.670. The van der Waals surface area contributed by atoms with E-state index in [-0.39, 0.29) is 0 Å². The summed E-state index contributed by atoms with van der Waals surface area (Å²) in [4.78, 5) is 2.32. The van der Waals surface area contributed by atoms with Crippen LogP contribution in [0.2, 0.25) is 0 Å². The molecule has 1 aliphatic carbocycles. The molecule has 0 spiro atoms. The number of para-hydroxylation sites is 1. The number of rotatable bonds is 9. The van der Waals surface area contributed by atoms with E-state index in [1.54, 1.807) is 0 Å². The van der Waals surface area contributed by atoms with E-state index < -0.39 is 5.41 Å². The Balaban J connectivity index is 0.900. The summed E-state index contributed by atoms with van der Waals surface area (Å²) in [7, 11) is 0. The fourth-order valence-electron chi connectivity index (χ4n) is 11.9. The van der Waals surface area contributed by atoms with E-state index in [1.165, 1.54) is 66.4 Å². The predicted molar refractivity (Wildman–Crippen MR) is 305 cm³/mol. The van der Waals surface area contributed by atoms with Gasteiger partial charge < -0.3 is 9.32 Å². The number of nitrogens with zero attached hydrogens (tertiary/aromatic N) is 1. The first kappa shape index (κ1) is 42.4. The molecule has 0 radical (unpaired) electrons. The third-order valence-corrected chi connectivity index (χ3v) is 15.1. The van der Waals surface area contributed by atoms with Gasteiger partial charge in [-0.2, -0.15) is 0 Å². The molecule has 1 heterocycles. The lowest BCUT2D eigenvalue weighted by Gasteiger charge is -2.34. The SMILES string of the molecule is c1ccc(-c2cc(-c3cccc(-c4cccc5c4-c4ccccc4C5(c4ccccc4)c4ccccc4)c3)cc3c2oc2cc(N(c4ccccc4)c4ccc(-c5cccc6ccccc56)cc4)ccc23)cc1. The first-order valence-corrected chi connectivity index (χ1v) is 25.2. The van der Waals surface area contributed by atoms with Crippen LogP contribution in [0.25, 0.3) is 88.3 Å². The molecule has 0 bridgehead atoms. The molecule has 342 valence electrons. The van der Waals surface area contributed by atoms with Gasteiger partial charge in [-0.3, -0.25) is 0 Å². The van der Waals surface area contributed by atoms with Crippen LogP contribution in [0.1, 0.15) is 22.3 Å². The third kappa shape index (κ3) is 6.94. The van der Waals surface area contributed by atoms with E-state index in [1.807, 2.05) is 0 Å². The average molecular weight is 930 g/mol. The molecular weight excluding hydrogens is 883 g/mol. The molecule has 0 aliphatic heterocycles. The normalized spacial score (nSPS) is 12.5. The number of hydrogen-bond donors (Lipinski definition) is 0. The molecule has 2 heteroatoms. The van der Waals surface area contributed by atoms with Crippen LogP contribution in [-0.2, 0) is 5.41 Å². The molecule has 13 aromatic rings. The fourth-order valence-corrected chi connectivity index (χ4v) is 11.9. The molecule has 0 unspecified atom stereocenters. The number of benzene rings is 12. The third-order valence-electron chi connectivity index (χ3n) is 15.1. The van der Waals surface area contributed by atoms with Gasteiger partial charge in [0.2, 0.25) is 0 Å².